The Bertz CT molecular complexity index is 1000. The Balaban J connectivity index is 1.55. The Kier molecular flexibility index (Phi) is 6.99. The minimum atomic E-state index is -0.147. The summed E-state index contributed by atoms with van der Waals surface area (Å²) in [5.74, 6) is 0.750. The van der Waals surface area contributed by atoms with Crippen molar-refractivity contribution in [2.45, 2.75) is 32.4 Å². The number of aromatic nitrogens is 1. The van der Waals surface area contributed by atoms with Gasteiger partial charge in [0.15, 0.2) is 0 Å². The predicted octanol–water partition coefficient (Wildman–Crippen LogP) is 4.84. The first kappa shape index (κ1) is 21.5. The van der Waals surface area contributed by atoms with Crippen molar-refractivity contribution in [3.63, 3.8) is 0 Å². The van der Waals surface area contributed by atoms with Crippen molar-refractivity contribution in [3.8, 4) is 5.75 Å². The van der Waals surface area contributed by atoms with Gasteiger partial charge in [-0.1, -0.05) is 18.2 Å². The van der Waals surface area contributed by atoms with Crippen molar-refractivity contribution in [1.82, 2.24) is 15.2 Å². The quantitative estimate of drug-likeness (QED) is 0.577. The van der Waals surface area contributed by atoms with E-state index in [0.29, 0.717) is 17.2 Å². The first-order chi connectivity index (χ1) is 15.2. The van der Waals surface area contributed by atoms with Crippen molar-refractivity contribution in [2.24, 2.45) is 5.92 Å². The molecular weight excluding hydrogens is 406 g/mol. The van der Waals surface area contributed by atoms with Crippen LogP contribution in [0.1, 0.15) is 45.4 Å². The maximum absolute atomic E-state index is 13.2. The number of thiophene rings is 1. The number of ether oxygens (including phenoxy) is 1. The van der Waals surface area contributed by atoms with Gasteiger partial charge in [0.2, 0.25) is 0 Å². The second-order valence-corrected chi connectivity index (χ2v) is 9.07. The van der Waals surface area contributed by atoms with Crippen LogP contribution in [0.3, 0.4) is 0 Å². The molecule has 0 bridgehead atoms. The molecule has 0 aliphatic carbocycles. The zero-order valence-corrected chi connectivity index (χ0v) is 18.9. The van der Waals surface area contributed by atoms with Gasteiger partial charge in [0.1, 0.15) is 5.75 Å². The average Bonchev–Trinajstić information content (AvgIpc) is 3.22. The van der Waals surface area contributed by atoms with E-state index in [1.807, 2.05) is 47.7 Å². The van der Waals surface area contributed by atoms with Crippen LogP contribution in [0.4, 0.5) is 0 Å². The largest absolute Gasteiger partial charge is 0.496 e. The molecule has 2 atom stereocenters. The van der Waals surface area contributed by atoms with E-state index in [4.69, 9.17) is 4.74 Å². The second-order valence-electron chi connectivity index (χ2n) is 8.07. The van der Waals surface area contributed by atoms with Crippen LogP contribution in [-0.4, -0.2) is 36.0 Å². The highest BCUT2D eigenvalue weighted by molar-refractivity contribution is 7.10. The minimum Gasteiger partial charge on any atom is -0.496 e. The van der Waals surface area contributed by atoms with Gasteiger partial charge in [0, 0.05) is 24.2 Å². The lowest BCUT2D eigenvalue weighted by Crippen LogP contribution is -2.43. The lowest BCUT2D eigenvalue weighted by Gasteiger charge is -2.37. The van der Waals surface area contributed by atoms with E-state index < -0.39 is 0 Å². The van der Waals surface area contributed by atoms with Gasteiger partial charge >= 0.3 is 0 Å². The van der Waals surface area contributed by atoms with Gasteiger partial charge in [0.25, 0.3) is 5.91 Å². The number of piperidine rings is 1. The molecule has 1 aliphatic rings. The Morgan fingerprint density at radius 3 is 2.84 bits per heavy atom. The normalized spacial score (nSPS) is 17.8. The molecule has 1 aromatic carbocycles. The summed E-state index contributed by atoms with van der Waals surface area (Å²) in [5, 5.41) is 5.44. The van der Waals surface area contributed by atoms with E-state index in [-0.39, 0.29) is 11.9 Å². The number of hydrogen-bond acceptors (Lipinski definition) is 5. The monoisotopic (exact) mass is 435 g/mol. The molecule has 3 heterocycles. The summed E-state index contributed by atoms with van der Waals surface area (Å²) in [7, 11) is 1.59. The zero-order valence-electron chi connectivity index (χ0n) is 18.1. The van der Waals surface area contributed by atoms with Crippen LogP contribution in [0, 0.1) is 12.8 Å². The van der Waals surface area contributed by atoms with Gasteiger partial charge in [-0.2, -0.15) is 0 Å². The number of nitrogens with one attached hydrogen (secondary N) is 1. The van der Waals surface area contributed by atoms with E-state index in [0.717, 1.165) is 38.2 Å². The van der Waals surface area contributed by atoms with Crippen molar-refractivity contribution < 1.29 is 9.53 Å². The Morgan fingerprint density at radius 2 is 2.10 bits per heavy atom. The minimum absolute atomic E-state index is 0.126. The van der Waals surface area contributed by atoms with Crippen LogP contribution in [0.15, 0.2) is 60.1 Å². The number of methoxy groups -OCH3 is 1. The molecule has 1 amide bonds. The maximum Gasteiger partial charge on any atom is 0.255 e. The molecule has 0 saturated carbocycles. The molecule has 31 heavy (non-hydrogen) atoms. The van der Waals surface area contributed by atoms with Crippen LogP contribution in [0.2, 0.25) is 0 Å². The highest BCUT2D eigenvalue weighted by Crippen LogP contribution is 2.31. The standard InChI is InChI=1S/C25H29N3O2S/c1-18-12-15-31-23(18)17-28-14-7-8-19(16-28)24(21-10-5-6-13-26-21)27-25(29)20-9-3-4-11-22(20)30-2/h3-6,9-13,15,19,24H,7-8,14,16-17H2,1-2H3,(H,27,29)/t19-,24+/m0/s1. The Morgan fingerprint density at radius 1 is 1.26 bits per heavy atom. The highest BCUT2D eigenvalue weighted by Gasteiger charge is 2.31. The molecule has 1 N–H and O–H groups in total. The third-order valence-electron chi connectivity index (χ3n) is 5.99. The molecule has 4 rings (SSSR count). The number of aryl methyl sites for hydroxylation is 1. The fourth-order valence-corrected chi connectivity index (χ4v) is 5.27. The number of nitrogens with zero attached hydrogens (tertiary/aromatic N) is 2. The lowest BCUT2D eigenvalue weighted by atomic mass is 9.88. The van der Waals surface area contributed by atoms with Crippen LogP contribution in [-0.2, 0) is 6.54 Å². The first-order valence-electron chi connectivity index (χ1n) is 10.8. The first-order valence-corrected chi connectivity index (χ1v) is 11.6. The lowest BCUT2D eigenvalue weighted by molar-refractivity contribution is 0.0873. The molecule has 2 aromatic heterocycles. The Labute approximate surface area is 188 Å². The van der Waals surface area contributed by atoms with Crippen LogP contribution in [0.5, 0.6) is 5.75 Å². The number of para-hydroxylation sites is 1. The topological polar surface area (TPSA) is 54.5 Å². The SMILES string of the molecule is COc1ccccc1C(=O)N[C@@H](c1ccccn1)[C@H]1CCCN(Cc2sccc2C)C1. The summed E-state index contributed by atoms with van der Waals surface area (Å²) in [6.45, 7) is 5.17. The van der Waals surface area contributed by atoms with E-state index in [9.17, 15) is 4.79 Å². The Hall–Kier alpha value is -2.70. The number of amides is 1. The molecule has 0 spiro atoms. The number of carbonyl (C=O) groups is 1. The van der Waals surface area contributed by atoms with Crippen LogP contribution in [0.25, 0.3) is 0 Å². The van der Waals surface area contributed by atoms with Crippen molar-refractivity contribution >= 4 is 17.2 Å². The summed E-state index contributed by atoms with van der Waals surface area (Å²) in [6, 6.07) is 15.3. The second kappa shape index (κ2) is 10.1. The van der Waals surface area contributed by atoms with Gasteiger partial charge in [-0.15, -0.1) is 11.3 Å². The number of pyridine rings is 1. The summed E-state index contributed by atoms with van der Waals surface area (Å²) in [5.41, 5.74) is 2.82. The molecule has 3 aromatic rings. The van der Waals surface area contributed by atoms with E-state index >= 15 is 0 Å². The average molecular weight is 436 g/mol. The summed E-state index contributed by atoms with van der Waals surface area (Å²) in [4.78, 5) is 21.7. The third kappa shape index (κ3) is 5.14. The molecule has 1 aliphatic heterocycles. The molecule has 0 radical (unpaired) electrons. The van der Waals surface area contributed by atoms with Gasteiger partial charge in [-0.05, 0) is 73.5 Å². The number of rotatable bonds is 7. The number of carbonyl (C=O) groups excluding carboxylic acids is 1. The fourth-order valence-electron chi connectivity index (χ4n) is 4.32. The molecule has 6 heteroatoms. The van der Waals surface area contributed by atoms with Crippen molar-refractivity contribution in [3.05, 3.63) is 81.8 Å². The van der Waals surface area contributed by atoms with Crippen molar-refractivity contribution in [2.75, 3.05) is 20.2 Å². The molecule has 1 fully saturated rings. The number of benzene rings is 1. The summed E-state index contributed by atoms with van der Waals surface area (Å²) in [6.07, 6.45) is 3.98. The molecular formula is C25H29N3O2S. The van der Waals surface area contributed by atoms with Crippen LogP contribution >= 0.6 is 11.3 Å². The molecule has 5 nitrogen and oxygen atoms in total. The van der Waals surface area contributed by atoms with E-state index in [2.05, 4.69) is 33.6 Å². The molecule has 162 valence electrons. The van der Waals surface area contributed by atoms with Gasteiger partial charge < -0.3 is 10.1 Å². The maximum atomic E-state index is 13.2. The van der Waals surface area contributed by atoms with Crippen LogP contribution < -0.4 is 10.1 Å². The van der Waals surface area contributed by atoms with Crippen molar-refractivity contribution in [1.29, 1.82) is 0 Å². The smallest absolute Gasteiger partial charge is 0.255 e. The predicted molar refractivity (Wildman–Crippen MR) is 124 cm³/mol. The fraction of sp³-hybridized carbons (Fsp3) is 0.360. The molecule has 1 saturated heterocycles. The van der Waals surface area contributed by atoms with E-state index in [1.165, 1.54) is 10.4 Å². The zero-order chi connectivity index (χ0) is 21.6. The number of hydrogen-bond donors (Lipinski definition) is 1. The number of likely N-dealkylation sites (tertiary alicyclic amines) is 1. The van der Waals surface area contributed by atoms with Gasteiger partial charge in [0.05, 0.1) is 24.4 Å². The third-order valence-corrected chi connectivity index (χ3v) is 7.00. The summed E-state index contributed by atoms with van der Waals surface area (Å²) >= 11 is 1.82. The highest BCUT2D eigenvalue weighted by atomic mass is 32.1. The van der Waals surface area contributed by atoms with Gasteiger partial charge in [-0.3, -0.25) is 14.7 Å². The van der Waals surface area contributed by atoms with E-state index in [1.54, 1.807) is 19.4 Å². The molecule has 0 unspecified atom stereocenters. The van der Waals surface area contributed by atoms with Gasteiger partial charge in [-0.25, -0.2) is 0 Å². The summed E-state index contributed by atoms with van der Waals surface area (Å²) < 4.78 is 5.40.